The molecule has 0 saturated carbocycles. The molecular formula is C17H19ClO. The van der Waals surface area contributed by atoms with Crippen LogP contribution in [0, 0.1) is 20.8 Å². The highest BCUT2D eigenvalue weighted by Crippen LogP contribution is 2.25. The summed E-state index contributed by atoms with van der Waals surface area (Å²) >= 11 is 5.87. The summed E-state index contributed by atoms with van der Waals surface area (Å²) in [5, 5.41) is 11.1. The fraction of sp³-hybridized carbons (Fsp3) is 0.294. The van der Waals surface area contributed by atoms with Crippen LogP contribution in [0.4, 0.5) is 0 Å². The van der Waals surface area contributed by atoms with E-state index >= 15 is 0 Å². The molecule has 0 fully saturated rings. The Bertz CT molecular complexity index is 573. The standard InChI is InChI=1S/C17H19ClO/c1-11-8-13(3)16(9-12(11)2)17(19)10-14-4-6-15(18)7-5-14/h4-9,17,19H,10H2,1-3H3. The smallest absolute Gasteiger partial charge is 0.0833 e. The van der Waals surface area contributed by atoms with Gasteiger partial charge >= 0.3 is 0 Å². The van der Waals surface area contributed by atoms with Crippen molar-refractivity contribution in [3.8, 4) is 0 Å². The van der Waals surface area contributed by atoms with Crippen molar-refractivity contribution < 1.29 is 5.11 Å². The van der Waals surface area contributed by atoms with Crippen LogP contribution in [0.5, 0.6) is 0 Å². The molecule has 2 rings (SSSR count). The zero-order chi connectivity index (χ0) is 14.0. The van der Waals surface area contributed by atoms with Crippen LogP contribution in [0.15, 0.2) is 36.4 Å². The molecule has 1 nitrogen and oxygen atoms in total. The summed E-state index contributed by atoms with van der Waals surface area (Å²) in [7, 11) is 0. The van der Waals surface area contributed by atoms with E-state index in [2.05, 4.69) is 26.0 Å². The van der Waals surface area contributed by atoms with E-state index in [9.17, 15) is 5.11 Å². The van der Waals surface area contributed by atoms with Crippen molar-refractivity contribution in [2.75, 3.05) is 0 Å². The summed E-state index contributed by atoms with van der Waals surface area (Å²) in [5.74, 6) is 0. The molecule has 1 N–H and O–H groups in total. The van der Waals surface area contributed by atoms with E-state index in [0.29, 0.717) is 6.42 Å². The summed E-state index contributed by atoms with van der Waals surface area (Å²) in [6.45, 7) is 6.22. The average Bonchev–Trinajstić information content (AvgIpc) is 2.36. The molecule has 2 aromatic carbocycles. The predicted octanol–water partition coefficient (Wildman–Crippen LogP) is 4.54. The first kappa shape index (κ1) is 14.1. The molecule has 1 atom stereocenters. The third-order valence-electron chi connectivity index (χ3n) is 3.58. The van der Waals surface area contributed by atoms with Gasteiger partial charge in [-0.15, -0.1) is 0 Å². The first-order valence-corrected chi connectivity index (χ1v) is 6.85. The Labute approximate surface area is 119 Å². The highest BCUT2D eigenvalue weighted by atomic mass is 35.5. The minimum absolute atomic E-state index is 0.472. The number of rotatable bonds is 3. The van der Waals surface area contributed by atoms with E-state index in [1.54, 1.807) is 0 Å². The normalized spacial score (nSPS) is 12.5. The number of halogens is 1. The number of hydrogen-bond donors (Lipinski definition) is 1. The maximum absolute atomic E-state index is 10.4. The molecule has 0 bridgehead atoms. The lowest BCUT2D eigenvalue weighted by Gasteiger charge is -2.16. The molecule has 0 aliphatic carbocycles. The van der Waals surface area contributed by atoms with E-state index < -0.39 is 6.10 Å². The Morgan fingerprint density at radius 2 is 1.53 bits per heavy atom. The molecule has 100 valence electrons. The molecule has 0 amide bonds. The van der Waals surface area contributed by atoms with Gasteiger partial charge in [0.1, 0.15) is 0 Å². The molecule has 0 heterocycles. The fourth-order valence-corrected chi connectivity index (χ4v) is 2.42. The molecule has 0 aromatic heterocycles. The Balaban J connectivity index is 2.22. The van der Waals surface area contributed by atoms with E-state index in [0.717, 1.165) is 21.7 Å². The molecule has 19 heavy (non-hydrogen) atoms. The van der Waals surface area contributed by atoms with Gasteiger partial charge in [0.05, 0.1) is 6.10 Å². The molecule has 0 aliphatic heterocycles. The quantitative estimate of drug-likeness (QED) is 0.871. The molecule has 0 aliphatic rings. The van der Waals surface area contributed by atoms with Crippen LogP contribution in [0.3, 0.4) is 0 Å². The summed E-state index contributed by atoms with van der Waals surface area (Å²) in [5.41, 5.74) is 5.73. The number of aliphatic hydroxyl groups is 1. The van der Waals surface area contributed by atoms with Gasteiger partial charge in [-0.2, -0.15) is 0 Å². The van der Waals surface area contributed by atoms with Crippen LogP contribution in [0.1, 0.15) is 33.9 Å². The maximum Gasteiger partial charge on any atom is 0.0833 e. The molecule has 2 heteroatoms. The van der Waals surface area contributed by atoms with E-state index in [1.807, 2.05) is 31.2 Å². The minimum Gasteiger partial charge on any atom is -0.388 e. The number of aryl methyl sites for hydroxylation is 3. The monoisotopic (exact) mass is 274 g/mol. The Morgan fingerprint density at radius 1 is 0.947 bits per heavy atom. The molecule has 1 unspecified atom stereocenters. The van der Waals surface area contributed by atoms with E-state index in [1.165, 1.54) is 11.1 Å². The molecule has 2 aromatic rings. The molecular weight excluding hydrogens is 256 g/mol. The molecule has 0 radical (unpaired) electrons. The second kappa shape index (κ2) is 5.77. The molecule has 0 spiro atoms. The van der Waals surface area contributed by atoms with E-state index in [-0.39, 0.29) is 0 Å². The molecule has 0 saturated heterocycles. The average molecular weight is 275 g/mol. The number of hydrogen-bond acceptors (Lipinski definition) is 1. The highest BCUT2D eigenvalue weighted by molar-refractivity contribution is 6.30. The zero-order valence-electron chi connectivity index (χ0n) is 11.6. The van der Waals surface area contributed by atoms with Gasteiger partial charge in [-0.3, -0.25) is 0 Å². The topological polar surface area (TPSA) is 20.2 Å². The zero-order valence-corrected chi connectivity index (χ0v) is 12.3. The van der Waals surface area contributed by atoms with Crippen LogP contribution < -0.4 is 0 Å². The Kier molecular flexibility index (Phi) is 4.28. The van der Waals surface area contributed by atoms with Crippen molar-refractivity contribution in [2.45, 2.75) is 33.3 Å². The van der Waals surface area contributed by atoms with Crippen molar-refractivity contribution in [1.29, 1.82) is 0 Å². The number of aliphatic hydroxyl groups excluding tert-OH is 1. The van der Waals surface area contributed by atoms with Gasteiger partial charge in [0.15, 0.2) is 0 Å². The third kappa shape index (κ3) is 3.37. The first-order chi connectivity index (χ1) is 8.97. The van der Waals surface area contributed by atoms with Gasteiger partial charge in [-0.25, -0.2) is 0 Å². The highest BCUT2D eigenvalue weighted by Gasteiger charge is 2.12. The second-order valence-corrected chi connectivity index (χ2v) is 5.58. The Hall–Kier alpha value is -1.31. The lowest BCUT2D eigenvalue weighted by Crippen LogP contribution is -2.05. The lowest BCUT2D eigenvalue weighted by molar-refractivity contribution is 0.177. The van der Waals surface area contributed by atoms with Gasteiger partial charge in [0.25, 0.3) is 0 Å². The summed E-state index contributed by atoms with van der Waals surface area (Å²) in [4.78, 5) is 0. The third-order valence-corrected chi connectivity index (χ3v) is 3.84. The van der Waals surface area contributed by atoms with Crippen molar-refractivity contribution in [1.82, 2.24) is 0 Å². The van der Waals surface area contributed by atoms with Crippen molar-refractivity contribution >= 4 is 11.6 Å². The van der Waals surface area contributed by atoms with Gasteiger partial charge in [0, 0.05) is 11.4 Å². The van der Waals surface area contributed by atoms with Crippen molar-refractivity contribution in [2.24, 2.45) is 0 Å². The van der Waals surface area contributed by atoms with Crippen LogP contribution >= 0.6 is 11.6 Å². The van der Waals surface area contributed by atoms with E-state index in [4.69, 9.17) is 11.6 Å². The summed E-state index contributed by atoms with van der Waals surface area (Å²) in [6, 6.07) is 11.9. The van der Waals surface area contributed by atoms with Gasteiger partial charge in [-0.05, 0) is 60.7 Å². The maximum atomic E-state index is 10.4. The fourth-order valence-electron chi connectivity index (χ4n) is 2.30. The summed E-state index contributed by atoms with van der Waals surface area (Å²) < 4.78 is 0. The van der Waals surface area contributed by atoms with Crippen LogP contribution in [0.2, 0.25) is 5.02 Å². The van der Waals surface area contributed by atoms with Gasteiger partial charge in [0.2, 0.25) is 0 Å². The van der Waals surface area contributed by atoms with Crippen LogP contribution in [0.25, 0.3) is 0 Å². The minimum atomic E-state index is -0.472. The van der Waals surface area contributed by atoms with Crippen LogP contribution in [-0.4, -0.2) is 5.11 Å². The largest absolute Gasteiger partial charge is 0.388 e. The first-order valence-electron chi connectivity index (χ1n) is 6.47. The van der Waals surface area contributed by atoms with Gasteiger partial charge in [-0.1, -0.05) is 35.9 Å². The predicted molar refractivity (Wildman–Crippen MR) is 80.8 cm³/mol. The summed E-state index contributed by atoms with van der Waals surface area (Å²) in [6.07, 6.45) is 0.140. The van der Waals surface area contributed by atoms with Crippen molar-refractivity contribution in [3.05, 3.63) is 69.2 Å². The number of benzene rings is 2. The van der Waals surface area contributed by atoms with Crippen LogP contribution in [-0.2, 0) is 6.42 Å². The Morgan fingerprint density at radius 3 is 2.16 bits per heavy atom. The lowest BCUT2D eigenvalue weighted by atomic mass is 9.94. The second-order valence-electron chi connectivity index (χ2n) is 5.14. The van der Waals surface area contributed by atoms with Gasteiger partial charge < -0.3 is 5.11 Å². The van der Waals surface area contributed by atoms with Crippen molar-refractivity contribution in [3.63, 3.8) is 0 Å². The SMILES string of the molecule is Cc1cc(C)c(C(O)Cc2ccc(Cl)cc2)cc1C.